The number of rotatable bonds is 6. The lowest BCUT2D eigenvalue weighted by molar-refractivity contribution is -0.258. The van der Waals surface area contributed by atoms with Crippen LogP contribution in [0.25, 0.3) is 0 Å². The minimum absolute atomic E-state index is 0.0552. The number of alkyl halides is 3. The average molecular weight is 369 g/mol. The van der Waals surface area contributed by atoms with Crippen LogP contribution in [0.15, 0.2) is 4.90 Å². The van der Waals surface area contributed by atoms with Gasteiger partial charge in [0.25, 0.3) is 0 Å². The Labute approximate surface area is 139 Å². The first kappa shape index (κ1) is 19.2. The average Bonchev–Trinajstić information content (AvgIpc) is 3.16. The molecule has 0 spiro atoms. The number of sulfonamides is 1. The van der Waals surface area contributed by atoms with E-state index in [0.717, 1.165) is 17.5 Å². The van der Waals surface area contributed by atoms with Gasteiger partial charge >= 0.3 is 6.18 Å². The van der Waals surface area contributed by atoms with Gasteiger partial charge < -0.3 is 5.11 Å². The number of hydrogen-bond donors (Lipinski definition) is 1. The zero-order chi connectivity index (χ0) is 18.5. The van der Waals surface area contributed by atoms with E-state index in [-0.39, 0.29) is 28.9 Å². The maximum atomic E-state index is 12.9. The van der Waals surface area contributed by atoms with Crippen LogP contribution in [0.4, 0.5) is 13.2 Å². The molecular weight excluding hydrogens is 347 g/mol. The molecule has 2 rings (SSSR count). The van der Waals surface area contributed by atoms with E-state index in [1.165, 1.54) is 18.2 Å². The lowest BCUT2D eigenvalue weighted by atomic mass is 10.1. The molecule has 138 valence electrons. The summed E-state index contributed by atoms with van der Waals surface area (Å²) in [5, 5.41) is 13.6. The predicted molar refractivity (Wildman–Crippen MR) is 81.0 cm³/mol. The van der Waals surface area contributed by atoms with E-state index >= 15 is 0 Å². The van der Waals surface area contributed by atoms with Crippen LogP contribution in [0.1, 0.15) is 38.1 Å². The first-order chi connectivity index (χ1) is 10.8. The van der Waals surface area contributed by atoms with Gasteiger partial charge in [0.15, 0.2) is 5.60 Å². The number of aryl methyl sites for hydroxylation is 1. The van der Waals surface area contributed by atoms with Crippen LogP contribution in [0.5, 0.6) is 0 Å². The Morgan fingerprint density at radius 3 is 2.29 bits per heavy atom. The summed E-state index contributed by atoms with van der Waals surface area (Å²) in [6, 6.07) is -0.0552. The van der Waals surface area contributed by atoms with Crippen molar-refractivity contribution < 1.29 is 26.7 Å². The van der Waals surface area contributed by atoms with Crippen molar-refractivity contribution in [3.05, 3.63) is 11.4 Å². The summed E-state index contributed by atoms with van der Waals surface area (Å²) in [6.45, 7) is 4.63. The largest absolute Gasteiger partial charge is 0.418 e. The quantitative estimate of drug-likeness (QED) is 0.832. The van der Waals surface area contributed by atoms with Crippen LogP contribution in [0, 0.1) is 13.8 Å². The highest BCUT2D eigenvalue weighted by Gasteiger charge is 2.51. The Balaban J connectivity index is 2.43. The summed E-state index contributed by atoms with van der Waals surface area (Å²) in [5.41, 5.74) is -2.78. The molecule has 1 atom stereocenters. The van der Waals surface area contributed by atoms with Crippen LogP contribution in [-0.4, -0.2) is 52.0 Å². The van der Waals surface area contributed by atoms with E-state index in [0.29, 0.717) is 6.92 Å². The molecule has 0 amide bonds. The molecule has 1 unspecified atom stereocenters. The highest BCUT2D eigenvalue weighted by atomic mass is 32.2. The zero-order valence-corrected chi connectivity index (χ0v) is 14.9. The molecule has 0 radical (unpaired) electrons. The third kappa shape index (κ3) is 3.31. The van der Waals surface area contributed by atoms with Crippen molar-refractivity contribution >= 4 is 10.0 Å². The number of halogens is 3. The van der Waals surface area contributed by atoms with Gasteiger partial charge in [-0.05, 0) is 33.6 Å². The summed E-state index contributed by atoms with van der Waals surface area (Å²) in [4.78, 5) is -0.0748. The van der Waals surface area contributed by atoms with Crippen molar-refractivity contribution in [3.8, 4) is 0 Å². The minimum atomic E-state index is -4.85. The fourth-order valence-corrected chi connectivity index (χ4v) is 4.76. The molecule has 1 fully saturated rings. The van der Waals surface area contributed by atoms with Gasteiger partial charge in [-0.2, -0.15) is 22.6 Å². The van der Waals surface area contributed by atoms with Crippen LogP contribution in [-0.2, 0) is 16.6 Å². The fraction of sp³-hybridized carbons (Fsp3) is 0.786. The van der Waals surface area contributed by atoms with Crippen molar-refractivity contribution in [1.29, 1.82) is 0 Å². The van der Waals surface area contributed by atoms with Gasteiger partial charge in [-0.15, -0.1) is 0 Å². The molecule has 1 aromatic rings. The maximum Gasteiger partial charge on any atom is 0.418 e. The number of hydrogen-bond acceptors (Lipinski definition) is 4. The first-order valence-corrected chi connectivity index (χ1v) is 9.12. The van der Waals surface area contributed by atoms with E-state index in [2.05, 4.69) is 5.10 Å². The molecule has 0 aliphatic heterocycles. The summed E-state index contributed by atoms with van der Waals surface area (Å²) < 4.78 is 66.6. The van der Waals surface area contributed by atoms with E-state index in [1.54, 1.807) is 6.92 Å². The normalized spacial score (nSPS) is 18.9. The third-order valence-electron chi connectivity index (χ3n) is 4.22. The Morgan fingerprint density at radius 1 is 1.33 bits per heavy atom. The molecule has 0 saturated heterocycles. The molecule has 1 saturated carbocycles. The van der Waals surface area contributed by atoms with Crippen molar-refractivity contribution in [3.63, 3.8) is 0 Å². The molecule has 10 heteroatoms. The van der Waals surface area contributed by atoms with Gasteiger partial charge in [0.1, 0.15) is 4.90 Å². The second kappa shape index (κ2) is 5.99. The zero-order valence-electron chi connectivity index (χ0n) is 14.1. The predicted octanol–water partition coefficient (Wildman–Crippen LogP) is 1.99. The maximum absolute atomic E-state index is 12.9. The lowest BCUT2D eigenvalue weighted by Gasteiger charge is -2.26. The van der Waals surface area contributed by atoms with Gasteiger partial charge in [0, 0.05) is 12.6 Å². The van der Waals surface area contributed by atoms with E-state index in [9.17, 15) is 26.7 Å². The summed E-state index contributed by atoms with van der Waals surface area (Å²) in [7, 11) is -3.83. The van der Waals surface area contributed by atoms with E-state index in [1.807, 2.05) is 0 Å². The molecule has 24 heavy (non-hydrogen) atoms. The molecule has 1 aliphatic rings. The SMILES string of the molecule is CCN(C1CC1)S(=O)(=O)c1c(C)nn(CC(C)(O)C(F)(F)F)c1C. The van der Waals surface area contributed by atoms with Crippen LogP contribution in [0.2, 0.25) is 0 Å². The molecule has 1 heterocycles. The highest BCUT2D eigenvalue weighted by Crippen LogP contribution is 2.35. The molecule has 0 bridgehead atoms. The topological polar surface area (TPSA) is 75.4 Å². The van der Waals surface area contributed by atoms with Crippen LogP contribution >= 0.6 is 0 Å². The van der Waals surface area contributed by atoms with Gasteiger partial charge in [0.2, 0.25) is 10.0 Å². The Hall–Kier alpha value is -1.13. The number of aliphatic hydroxyl groups is 1. The van der Waals surface area contributed by atoms with Crippen molar-refractivity contribution in [2.45, 2.75) is 69.8 Å². The van der Waals surface area contributed by atoms with Crippen LogP contribution in [0.3, 0.4) is 0 Å². The molecular formula is C14H22F3N3O3S. The summed E-state index contributed by atoms with van der Waals surface area (Å²) >= 11 is 0. The van der Waals surface area contributed by atoms with Gasteiger partial charge in [-0.1, -0.05) is 6.92 Å². The molecule has 1 N–H and O–H groups in total. The third-order valence-corrected chi connectivity index (χ3v) is 6.50. The lowest BCUT2D eigenvalue weighted by Crippen LogP contribution is -2.46. The standard InChI is InChI=1S/C14H22F3N3O3S/c1-5-20(11-6-7-11)24(22,23)12-9(2)18-19(10(12)3)8-13(4,21)14(15,16)17/h11,21H,5-8H2,1-4H3. The van der Waals surface area contributed by atoms with Crippen molar-refractivity contribution in [2.24, 2.45) is 0 Å². The Morgan fingerprint density at radius 2 is 1.88 bits per heavy atom. The number of nitrogens with zero attached hydrogens (tertiary/aromatic N) is 3. The monoisotopic (exact) mass is 369 g/mol. The van der Waals surface area contributed by atoms with Crippen molar-refractivity contribution in [2.75, 3.05) is 6.54 Å². The Kier molecular flexibility index (Phi) is 4.79. The summed E-state index contributed by atoms with van der Waals surface area (Å²) in [6.07, 6.45) is -3.29. The minimum Gasteiger partial charge on any atom is -0.379 e. The molecule has 1 aromatic heterocycles. The smallest absolute Gasteiger partial charge is 0.379 e. The fourth-order valence-electron chi connectivity index (χ4n) is 2.69. The van der Waals surface area contributed by atoms with Gasteiger partial charge in [-0.25, -0.2) is 8.42 Å². The van der Waals surface area contributed by atoms with Gasteiger partial charge in [0.05, 0.1) is 17.9 Å². The molecule has 0 aromatic carbocycles. The van der Waals surface area contributed by atoms with Crippen molar-refractivity contribution in [1.82, 2.24) is 14.1 Å². The van der Waals surface area contributed by atoms with E-state index in [4.69, 9.17) is 0 Å². The first-order valence-electron chi connectivity index (χ1n) is 7.68. The van der Waals surface area contributed by atoms with E-state index < -0.39 is 28.3 Å². The number of aromatic nitrogens is 2. The highest BCUT2D eigenvalue weighted by molar-refractivity contribution is 7.89. The molecule has 6 nitrogen and oxygen atoms in total. The second-order valence-corrected chi connectivity index (χ2v) is 8.20. The molecule has 1 aliphatic carbocycles. The van der Waals surface area contributed by atoms with Gasteiger partial charge in [-0.3, -0.25) is 4.68 Å². The second-order valence-electron chi connectivity index (χ2n) is 6.37. The summed E-state index contributed by atoms with van der Waals surface area (Å²) in [5.74, 6) is 0. The Bertz CT molecular complexity index is 722. The van der Waals surface area contributed by atoms with Crippen LogP contribution < -0.4 is 0 Å².